The highest BCUT2D eigenvalue weighted by atomic mass is 16.6. The van der Waals surface area contributed by atoms with Crippen molar-refractivity contribution in [3.8, 4) is 0 Å². The number of aliphatic hydroxyl groups excluding tert-OH is 2. The fourth-order valence-electron chi connectivity index (χ4n) is 10.9. The predicted molar refractivity (Wildman–Crippen MR) is 238 cm³/mol. The minimum absolute atomic E-state index is 0.0231. The lowest BCUT2D eigenvalue weighted by Gasteiger charge is -2.50. The van der Waals surface area contributed by atoms with Crippen molar-refractivity contribution in [2.24, 2.45) is 41.4 Å². The number of esters is 1. The van der Waals surface area contributed by atoms with E-state index in [9.17, 15) is 39.3 Å². The van der Waals surface area contributed by atoms with E-state index in [4.69, 9.17) is 23.7 Å². The number of amides is 1. The molecule has 3 N–H and O–H groups in total. The van der Waals surface area contributed by atoms with Crippen LogP contribution in [-0.4, -0.2) is 132 Å². The van der Waals surface area contributed by atoms with Gasteiger partial charge in [0.2, 0.25) is 5.79 Å². The van der Waals surface area contributed by atoms with Gasteiger partial charge in [-0.2, -0.15) is 0 Å². The molecule has 0 radical (unpaired) electrons. The summed E-state index contributed by atoms with van der Waals surface area (Å²) in [4.78, 5) is 72.0. The molecular formula is C50H75NO13. The number of hydrogen-bond acceptors (Lipinski definition) is 13. The first-order valence-electron chi connectivity index (χ1n) is 23.5. The first-order valence-corrected chi connectivity index (χ1v) is 23.5. The van der Waals surface area contributed by atoms with Gasteiger partial charge < -0.3 is 43.9 Å². The summed E-state index contributed by atoms with van der Waals surface area (Å²) in [5.74, 6) is -8.43. The van der Waals surface area contributed by atoms with Crippen molar-refractivity contribution in [3.05, 3.63) is 47.6 Å². The second-order valence-corrected chi connectivity index (χ2v) is 19.5. The van der Waals surface area contributed by atoms with E-state index in [2.05, 4.69) is 0 Å². The van der Waals surface area contributed by atoms with Gasteiger partial charge in [0.15, 0.2) is 5.78 Å². The van der Waals surface area contributed by atoms with Gasteiger partial charge in [-0.25, -0.2) is 4.79 Å². The number of carbonyl (C=O) groups is 5. The molecule has 5 rings (SSSR count). The highest BCUT2D eigenvalue weighted by Gasteiger charge is 2.57. The van der Waals surface area contributed by atoms with Crippen molar-refractivity contribution in [1.82, 2.24) is 4.90 Å². The lowest BCUT2D eigenvalue weighted by molar-refractivity contribution is -0.266. The highest BCUT2D eigenvalue weighted by Crippen LogP contribution is 2.45. The molecule has 3 saturated heterocycles. The van der Waals surface area contributed by atoms with Gasteiger partial charge in [0.05, 0.1) is 24.4 Å². The quantitative estimate of drug-likeness (QED) is 0.181. The molecule has 14 nitrogen and oxygen atoms in total. The average Bonchev–Trinajstić information content (AvgIpc) is 3.27. The zero-order chi connectivity index (χ0) is 47.0. The third kappa shape index (κ3) is 12.0. The number of nitrogens with zero attached hydrogens (tertiary/aromatic N) is 1. The van der Waals surface area contributed by atoms with E-state index < -0.39 is 95.7 Å². The van der Waals surface area contributed by atoms with Crippen LogP contribution >= 0.6 is 0 Å². The van der Waals surface area contributed by atoms with Gasteiger partial charge in [0.1, 0.15) is 30.1 Å². The third-order valence-corrected chi connectivity index (χ3v) is 14.9. The zero-order valence-corrected chi connectivity index (χ0v) is 39.5. The standard InChI is InChI=1S/C50H75NO13/c1-28-14-11-10-12-15-29(2)40(60-7)26-35-19-17-33(6)50(59,64-35)47(56)48(57)51-21-13-16-36-37(24-34-18-20-38(52)42(25-34)61-8)41(63-49(58)43(36)51)27-39(53)30(3)23-32(5)45(55)46(62-9)44(54)31(4)22-28/h10-12,14-15,23,28,30-31,33-38,40-43,45-46,52,55,59H,13,16-22,24-27H2,1-9H3/b12-10+,14-11+,29-15+,32-23+/t28-,30?,31?,33?,34?,35+,36-,37?,38?,40+,41+,42?,43?,45?,46+,50?/m1/s1. The van der Waals surface area contributed by atoms with E-state index in [1.54, 1.807) is 41.1 Å². The molecule has 4 aliphatic heterocycles. The van der Waals surface area contributed by atoms with Crippen LogP contribution in [0.15, 0.2) is 47.6 Å². The molecule has 0 aromatic rings. The maximum Gasteiger partial charge on any atom is 0.329 e. The summed E-state index contributed by atoms with van der Waals surface area (Å²) in [6.45, 7) is 10.9. The Kier molecular flexibility index (Phi) is 18.5. The molecular weight excluding hydrogens is 823 g/mol. The van der Waals surface area contributed by atoms with E-state index in [-0.39, 0.29) is 42.5 Å². The van der Waals surface area contributed by atoms with Gasteiger partial charge in [0, 0.05) is 64.4 Å². The minimum Gasteiger partial charge on any atom is -0.460 e. The van der Waals surface area contributed by atoms with E-state index in [0.717, 1.165) is 5.57 Å². The molecule has 0 spiro atoms. The number of aliphatic hydroxyl groups is 3. The summed E-state index contributed by atoms with van der Waals surface area (Å²) in [6, 6.07) is -1.12. The molecule has 5 aliphatic rings. The van der Waals surface area contributed by atoms with Crippen LogP contribution in [-0.2, 0) is 47.7 Å². The number of methoxy groups -OCH3 is 3. The third-order valence-electron chi connectivity index (χ3n) is 14.9. The van der Waals surface area contributed by atoms with E-state index >= 15 is 0 Å². The molecule has 4 heterocycles. The summed E-state index contributed by atoms with van der Waals surface area (Å²) in [7, 11) is 4.52. The summed E-state index contributed by atoms with van der Waals surface area (Å²) in [5.41, 5.74) is 1.28. The number of Topliss-reactive ketones (excluding diaryl/α,β-unsaturated/α-hetero) is 3. The maximum absolute atomic E-state index is 14.4. The van der Waals surface area contributed by atoms with Crippen LogP contribution in [0.4, 0.5) is 0 Å². The molecule has 14 heteroatoms. The van der Waals surface area contributed by atoms with E-state index in [1.165, 1.54) is 12.0 Å². The number of allylic oxidation sites excluding steroid dienone is 6. The Balaban J connectivity index is 1.51. The topological polar surface area (TPSA) is 195 Å². The molecule has 1 saturated carbocycles. The van der Waals surface area contributed by atoms with Crippen LogP contribution in [0.25, 0.3) is 0 Å². The SMILES string of the molecule is COC1CC(CC2[C@H]3CCCN4C(=O)C(=O)C5(O)O[C@@H](CCC5C)C[C@H](OC)/C(C)=C/C=C/C=C/[C@@H](C)CC(C)C(=O)[C@H](OC)C(O)/C(C)=C/C(C)C(=O)C[C@@H]2OC(=O)C34)CCC1O. The summed E-state index contributed by atoms with van der Waals surface area (Å²) < 4.78 is 29.4. The first-order chi connectivity index (χ1) is 30.3. The second kappa shape index (κ2) is 22.9. The maximum atomic E-state index is 14.4. The Morgan fingerprint density at radius 1 is 0.844 bits per heavy atom. The number of fused-ring (bicyclic) bond motifs is 4. The Morgan fingerprint density at radius 2 is 1.58 bits per heavy atom. The van der Waals surface area contributed by atoms with Crippen molar-refractivity contribution in [2.45, 2.75) is 167 Å². The normalized spacial score (nSPS) is 43.2. The fourth-order valence-corrected chi connectivity index (χ4v) is 10.9. The molecule has 10 unspecified atom stereocenters. The summed E-state index contributed by atoms with van der Waals surface area (Å²) in [5, 5.41) is 34.1. The van der Waals surface area contributed by atoms with Crippen LogP contribution in [0, 0.1) is 41.4 Å². The number of ketones is 3. The lowest BCUT2D eigenvalue weighted by atomic mass is 9.68. The molecule has 64 heavy (non-hydrogen) atoms. The van der Waals surface area contributed by atoms with Gasteiger partial charge in [-0.15, -0.1) is 0 Å². The van der Waals surface area contributed by atoms with Gasteiger partial charge in [-0.3, -0.25) is 19.2 Å². The van der Waals surface area contributed by atoms with Crippen molar-refractivity contribution >= 4 is 29.2 Å². The summed E-state index contributed by atoms with van der Waals surface area (Å²) in [6.07, 6.45) is 10.8. The largest absolute Gasteiger partial charge is 0.460 e. The zero-order valence-electron chi connectivity index (χ0n) is 39.5. The first kappa shape index (κ1) is 51.6. The smallest absolute Gasteiger partial charge is 0.329 e. The number of rotatable bonds is 5. The molecule has 0 aromatic carbocycles. The molecule has 1 aliphatic carbocycles. The molecule has 1 amide bonds. The van der Waals surface area contributed by atoms with Gasteiger partial charge >= 0.3 is 5.97 Å². The molecule has 358 valence electrons. The monoisotopic (exact) mass is 898 g/mol. The van der Waals surface area contributed by atoms with E-state index in [0.29, 0.717) is 69.8 Å². The van der Waals surface area contributed by atoms with Crippen molar-refractivity contribution in [3.63, 3.8) is 0 Å². The number of carbonyl (C=O) groups excluding carboxylic acids is 5. The minimum atomic E-state index is -2.43. The van der Waals surface area contributed by atoms with Crippen LogP contribution in [0.5, 0.6) is 0 Å². The van der Waals surface area contributed by atoms with Crippen LogP contribution in [0.2, 0.25) is 0 Å². The Labute approximate surface area is 379 Å². The van der Waals surface area contributed by atoms with Crippen molar-refractivity contribution < 1.29 is 63.0 Å². The average molecular weight is 898 g/mol. The van der Waals surface area contributed by atoms with Crippen LogP contribution in [0.1, 0.15) is 112 Å². The van der Waals surface area contributed by atoms with Gasteiger partial charge in [0.25, 0.3) is 11.7 Å². The molecule has 16 atom stereocenters. The van der Waals surface area contributed by atoms with Gasteiger partial charge in [-0.1, -0.05) is 64.2 Å². The van der Waals surface area contributed by atoms with E-state index in [1.807, 2.05) is 51.2 Å². The Bertz CT molecular complexity index is 1790. The second-order valence-electron chi connectivity index (χ2n) is 19.5. The predicted octanol–water partition coefficient (Wildman–Crippen LogP) is 5.40. The summed E-state index contributed by atoms with van der Waals surface area (Å²) >= 11 is 0. The molecule has 4 bridgehead atoms. The van der Waals surface area contributed by atoms with Crippen LogP contribution < -0.4 is 0 Å². The molecule has 0 aromatic heterocycles. The fraction of sp³-hybridized carbons (Fsp3) is 0.740. The Hall–Kier alpha value is -3.37. The van der Waals surface area contributed by atoms with Crippen LogP contribution in [0.3, 0.4) is 0 Å². The molecule has 4 fully saturated rings. The lowest BCUT2D eigenvalue weighted by Crippen LogP contribution is -2.65. The Morgan fingerprint density at radius 3 is 2.27 bits per heavy atom. The van der Waals surface area contributed by atoms with Crippen molar-refractivity contribution in [1.29, 1.82) is 0 Å². The van der Waals surface area contributed by atoms with Gasteiger partial charge in [-0.05, 0) is 101 Å². The van der Waals surface area contributed by atoms with Crippen molar-refractivity contribution in [2.75, 3.05) is 27.9 Å². The number of ether oxygens (including phenoxy) is 5. The number of hydrogen-bond donors (Lipinski definition) is 3. The number of piperidine rings is 1. The highest BCUT2D eigenvalue weighted by molar-refractivity contribution is 6.39.